The van der Waals surface area contributed by atoms with E-state index in [2.05, 4.69) is 4.72 Å². The van der Waals surface area contributed by atoms with E-state index in [1.165, 1.54) is 24.1 Å². The first-order chi connectivity index (χ1) is 9.06. The third-order valence-corrected chi connectivity index (χ3v) is 3.71. The molecule has 0 aliphatic carbocycles. The Morgan fingerprint density at radius 2 is 1.68 bits per heavy atom. The lowest BCUT2D eigenvalue weighted by Gasteiger charge is -2.07. The highest BCUT2D eigenvalue weighted by Crippen LogP contribution is 2.35. The monoisotopic (exact) mass is 317 g/mol. The maximum Gasteiger partial charge on any atom is 0.152 e. The van der Waals surface area contributed by atoms with Gasteiger partial charge in [-0.1, -0.05) is 35.3 Å². The van der Waals surface area contributed by atoms with E-state index in [9.17, 15) is 9.50 Å². The fourth-order valence-corrected chi connectivity index (χ4v) is 2.78. The van der Waals surface area contributed by atoms with Crippen molar-refractivity contribution in [2.45, 2.75) is 11.4 Å². The maximum atomic E-state index is 12.7. The Morgan fingerprint density at radius 3 is 2.26 bits per heavy atom. The average molecular weight is 318 g/mol. The molecule has 0 fully saturated rings. The second-order valence-corrected chi connectivity index (χ2v) is 5.56. The molecule has 0 radical (unpaired) electrons. The van der Waals surface area contributed by atoms with Crippen LogP contribution in [0, 0.1) is 5.82 Å². The lowest BCUT2D eigenvalue weighted by atomic mass is 10.2. The number of halogens is 3. The summed E-state index contributed by atoms with van der Waals surface area (Å²) in [7, 11) is 0. The van der Waals surface area contributed by atoms with Crippen LogP contribution in [-0.2, 0) is 6.54 Å². The molecule has 100 valence electrons. The molecular formula is C13H10Cl2FNOS. The van der Waals surface area contributed by atoms with Gasteiger partial charge in [-0.05, 0) is 41.8 Å². The quantitative estimate of drug-likeness (QED) is 0.806. The molecule has 2 aromatic carbocycles. The number of phenolic OH excluding ortho intramolecular Hbond substituents is 1. The van der Waals surface area contributed by atoms with Gasteiger partial charge < -0.3 is 5.11 Å². The molecule has 6 heteroatoms. The molecule has 0 spiro atoms. The fourth-order valence-electron chi connectivity index (χ4n) is 1.41. The van der Waals surface area contributed by atoms with E-state index < -0.39 is 0 Å². The number of hydrogen-bond donors (Lipinski definition) is 2. The van der Waals surface area contributed by atoms with Gasteiger partial charge in [-0.15, -0.1) is 0 Å². The van der Waals surface area contributed by atoms with E-state index in [4.69, 9.17) is 23.2 Å². The maximum absolute atomic E-state index is 12.7. The Morgan fingerprint density at radius 1 is 1.11 bits per heavy atom. The van der Waals surface area contributed by atoms with Crippen molar-refractivity contribution in [3.8, 4) is 5.75 Å². The number of hydrogen-bond acceptors (Lipinski definition) is 3. The molecule has 0 heterocycles. The fraction of sp³-hybridized carbons (Fsp3) is 0.0769. The molecule has 0 bridgehead atoms. The first-order valence-corrected chi connectivity index (χ1v) is 6.95. The van der Waals surface area contributed by atoms with Gasteiger partial charge in [0.05, 0.1) is 10.0 Å². The van der Waals surface area contributed by atoms with E-state index in [1.807, 2.05) is 0 Å². The summed E-state index contributed by atoms with van der Waals surface area (Å²) in [6.07, 6.45) is 0. The van der Waals surface area contributed by atoms with Crippen molar-refractivity contribution in [3.05, 3.63) is 57.8 Å². The number of aromatic hydroxyl groups is 1. The van der Waals surface area contributed by atoms with E-state index in [0.29, 0.717) is 6.54 Å². The summed E-state index contributed by atoms with van der Waals surface area (Å²) in [5.41, 5.74) is 0.963. The van der Waals surface area contributed by atoms with Gasteiger partial charge in [0.1, 0.15) is 5.82 Å². The summed E-state index contributed by atoms with van der Waals surface area (Å²) in [5, 5.41) is 9.85. The molecule has 2 rings (SSSR count). The van der Waals surface area contributed by atoms with E-state index in [-0.39, 0.29) is 21.6 Å². The second kappa shape index (κ2) is 6.48. The van der Waals surface area contributed by atoms with Crippen molar-refractivity contribution in [3.63, 3.8) is 0 Å². The number of benzene rings is 2. The van der Waals surface area contributed by atoms with Crippen molar-refractivity contribution in [2.75, 3.05) is 0 Å². The summed E-state index contributed by atoms with van der Waals surface area (Å²) in [4.78, 5) is 0.787. The first-order valence-electron chi connectivity index (χ1n) is 5.38. The van der Waals surface area contributed by atoms with Crippen LogP contribution in [0.4, 0.5) is 4.39 Å². The first kappa shape index (κ1) is 14.5. The normalized spacial score (nSPS) is 10.7. The molecule has 2 nitrogen and oxygen atoms in total. The minimum atomic E-state index is -0.256. The van der Waals surface area contributed by atoms with Gasteiger partial charge in [0.2, 0.25) is 0 Å². The number of rotatable bonds is 4. The third kappa shape index (κ3) is 4.01. The molecule has 0 amide bonds. The average Bonchev–Trinajstić information content (AvgIpc) is 2.38. The zero-order valence-electron chi connectivity index (χ0n) is 9.66. The lowest BCUT2D eigenvalue weighted by Crippen LogP contribution is -2.02. The highest BCUT2D eigenvalue weighted by molar-refractivity contribution is 7.97. The second-order valence-electron chi connectivity index (χ2n) is 3.79. The number of phenols is 1. The van der Waals surface area contributed by atoms with Crippen LogP contribution in [0.1, 0.15) is 5.56 Å². The van der Waals surface area contributed by atoms with Gasteiger partial charge >= 0.3 is 0 Å². The SMILES string of the molecule is Oc1c(Cl)cc(SNCc2ccc(F)cc2)cc1Cl. The Bertz CT molecular complexity index is 554. The molecule has 2 N–H and O–H groups in total. The van der Waals surface area contributed by atoms with Crippen LogP contribution in [0.15, 0.2) is 41.3 Å². The van der Waals surface area contributed by atoms with Gasteiger partial charge in [-0.2, -0.15) is 0 Å². The topological polar surface area (TPSA) is 32.3 Å². The van der Waals surface area contributed by atoms with Crippen LogP contribution in [-0.4, -0.2) is 5.11 Å². The van der Waals surface area contributed by atoms with E-state index in [0.717, 1.165) is 10.5 Å². The largest absolute Gasteiger partial charge is 0.505 e. The summed E-state index contributed by atoms with van der Waals surface area (Å²) < 4.78 is 15.8. The summed E-state index contributed by atoms with van der Waals surface area (Å²) in [6, 6.07) is 9.47. The summed E-state index contributed by atoms with van der Waals surface area (Å²) >= 11 is 13.0. The van der Waals surface area contributed by atoms with Crippen LogP contribution < -0.4 is 4.72 Å². The van der Waals surface area contributed by atoms with Crippen molar-refractivity contribution in [2.24, 2.45) is 0 Å². The van der Waals surface area contributed by atoms with Crippen molar-refractivity contribution in [1.82, 2.24) is 4.72 Å². The van der Waals surface area contributed by atoms with E-state index in [1.54, 1.807) is 24.3 Å². The van der Waals surface area contributed by atoms with Crippen molar-refractivity contribution in [1.29, 1.82) is 0 Å². The summed E-state index contributed by atoms with van der Waals surface area (Å²) in [5.74, 6) is -0.375. The van der Waals surface area contributed by atoms with Crippen LogP contribution in [0.5, 0.6) is 5.75 Å². The Hall–Kier alpha value is -0.940. The van der Waals surface area contributed by atoms with Gasteiger partial charge in [0, 0.05) is 11.4 Å². The molecule has 2 aromatic rings. The van der Waals surface area contributed by atoms with Gasteiger partial charge in [0.15, 0.2) is 5.75 Å². The Balaban J connectivity index is 1.94. The zero-order chi connectivity index (χ0) is 13.8. The lowest BCUT2D eigenvalue weighted by molar-refractivity contribution is 0.475. The predicted octanol–water partition coefficient (Wildman–Crippen LogP) is 4.64. The van der Waals surface area contributed by atoms with Gasteiger partial charge in [-0.3, -0.25) is 4.72 Å². The summed E-state index contributed by atoms with van der Waals surface area (Å²) in [6.45, 7) is 0.570. The molecule has 0 unspecified atom stereocenters. The number of nitrogens with one attached hydrogen (secondary N) is 1. The molecule has 0 atom stereocenters. The molecule has 19 heavy (non-hydrogen) atoms. The van der Waals surface area contributed by atoms with Crippen LogP contribution in [0.2, 0.25) is 10.0 Å². The van der Waals surface area contributed by atoms with Gasteiger partial charge in [-0.25, -0.2) is 4.39 Å². The van der Waals surface area contributed by atoms with Crippen LogP contribution in [0.3, 0.4) is 0 Å². The molecule has 0 aliphatic heterocycles. The third-order valence-electron chi connectivity index (χ3n) is 2.37. The predicted molar refractivity (Wildman–Crippen MR) is 77.2 cm³/mol. The minimum Gasteiger partial charge on any atom is -0.505 e. The zero-order valence-corrected chi connectivity index (χ0v) is 12.0. The van der Waals surface area contributed by atoms with Crippen molar-refractivity contribution < 1.29 is 9.50 Å². The highest BCUT2D eigenvalue weighted by Gasteiger charge is 2.07. The Labute approximate surface area is 124 Å². The molecule has 0 saturated carbocycles. The van der Waals surface area contributed by atoms with Crippen molar-refractivity contribution >= 4 is 35.1 Å². The smallest absolute Gasteiger partial charge is 0.152 e. The van der Waals surface area contributed by atoms with Gasteiger partial charge in [0.25, 0.3) is 0 Å². The standard InChI is InChI=1S/C13H10Cl2FNOS/c14-11-5-10(6-12(15)13(11)18)19-17-7-8-1-3-9(16)4-2-8/h1-6,17-18H,7H2. The molecule has 0 saturated heterocycles. The highest BCUT2D eigenvalue weighted by atomic mass is 35.5. The Kier molecular flexibility index (Phi) is 4.93. The molecular weight excluding hydrogens is 308 g/mol. The van der Waals surface area contributed by atoms with E-state index >= 15 is 0 Å². The molecule has 0 aliphatic rings. The van der Waals surface area contributed by atoms with Crippen LogP contribution >= 0.6 is 35.1 Å². The molecule has 0 aromatic heterocycles. The minimum absolute atomic E-state index is 0.119. The van der Waals surface area contributed by atoms with Crippen LogP contribution in [0.25, 0.3) is 0 Å².